The predicted molar refractivity (Wildman–Crippen MR) is 60.9 cm³/mol. The number of carbonyl (C=O) groups is 1. The van der Waals surface area contributed by atoms with Crippen LogP contribution in [0.25, 0.3) is 11.3 Å². The van der Waals surface area contributed by atoms with Crippen molar-refractivity contribution in [3.63, 3.8) is 0 Å². The molecular weight excluding hydrogens is 218 g/mol. The van der Waals surface area contributed by atoms with Crippen LogP contribution >= 0.6 is 0 Å². The van der Waals surface area contributed by atoms with Gasteiger partial charge in [-0.05, 0) is 24.3 Å². The van der Waals surface area contributed by atoms with E-state index >= 15 is 0 Å². The third kappa shape index (κ3) is 1.82. The summed E-state index contributed by atoms with van der Waals surface area (Å²) in [5, 5.41) is 12.5. The molecule has 1 fully saturated rings. The van der Waals surface area contributed by atoms with E-state index in [2.05, 4.69) is 5.16 Å². The maximum atomic E-state index is 10.9. The van der Waals surface area contributed by atoms with Crippen LogP contribution in [0.4, 0.5) is 0 Å². The molecule has 0 unspecified atom stereocenters. The van der Waals surface area contributed by atoms with Crippen LogP contribution in [0.3, 0.4) is 0 Å². The van der Waals surface area contributed by atoms with Crippen molar-refractivity contribution in [1.29, 1.82) is 0 Å². The molecule has 4 heteroatoms. The second-order valence-corrected chi connectivity index (χ2v) is 4.27. The topological polar surface area (TPSA) is 63.3 Å². The summed E-state index contributed by atoms with van der Waals surface area (Å²) >= 11 is 0. The van der Waals surface area contributed by atoms with Crippen molar-refractivity contribution in [1.82, 2.24) is 5.16 Å². The third-order valence-corrected chi connectivity index (χ3v) is 3.02. The largest absolute Gasteiger partial charge is 0.477 e. The van der Waals surface area contributed by atoms with E-state index in [1.807, 2.05) is 24.3 Å². The van der Waals surface area contributed by atoms with Crippen molar-refractivity contribution < 1.29 is 14.4 Å². The first-order chi connectivity index (χ1) is 8.25. The van der Waals surface area contributed by atoms with Crippen molar-refractivity contribution in [2.24, 2.45) is 0 Å². The first-order valence-corrected chi connectivity index (χ1v) is 5.54. The SMILES string of the molecule is O=C(O)c1cnoc1-c1ccc(C2CC2)cc1. The molecule has 4 nitrogen and oxygen atoms in total. The van der Waals surface area contributed by atoms with Crippen LogP contribution in [0.2, 0.25) is 0 Å². The molecule has 3 rings (SSSR count). The van der Waals surface area contributed by atoms with Crippen molar-refractivity contribution in [3.8, 4) is 11.3 Å². The molecule has 0 radical (unpaired) electrons. The van der Waals surface area contributed by atoms with Crippen LogP contribution in [0.5, 0.6) is 0 Å². The third-order valence-electron chi connectivity index (χ3n) is 3.02. The lowest BCUT2D eigenvalue weighted by molar-refractivity contribution is 0.0697. The number of aromatic nitrogens is 1. The fraction of sp³-hybridized carbons (Fsp3) is 0.231. The Hall–Kier alpha value is -2.10. The number of aromatic carboxylic acids is 1. The minimum Gasteiger partial charge on any atom is -0.477 e. The highest BCUT2D eigenvalue weighted by molar-refractivity contribution is 5.93. The first kappa shape index (κ1) is 10.1. The van der Waals surface area contributed by atoms with E-state index in [4.69, 9.17) is 9.63 Å². The molecule has 0 saturated heterocycles. The van der Waals surface area contributed by atoms with E-state index in [0.29, 0.717) is 11.7 Å². The van der Waals surface area contributed by atoms with Gasteiger partial charge in [-0.25, -0.2) is 4.79 Å². The lowest BCUT2D eigenvalue weighted by atomic mass is 10.0. The summed E-state index contributed by atoms with van der Waals surface area (Å²) in [7, 11) is 0. The number of hydrogen-bond acceptors (Lipinski definition) is 3. The van der Waals surface area contributed by atoms with Crippen LogP contribution in [0.1, 0.15) is 34.7 Å². The van der Waals surface area contributed by atoms with Gasteiger partial charge in [0, 0.05) is 5.56 Å². The van der Waals surface area contributed by atoms with Crippen LogP contribution < -0.4 is 0 Å². The highest BCUT2D eigenvalue weighted by Gasteiger charge is 2.23. The fourth-order valence-corrected chi connectivity index (χ4v) is 1.92. The molecule has 0 spiro atoms. The number of nitrogens with zero attached hydrogens (tertiary/aromatic N) is 1. The van der Waals surface area contributed by atoms with Crippen LogP contribution in [-0.2, 0) is 0 Å². The van der Waals surface area contributed by atoms with Gasteiger partial charge < -0.3 is 9.63 Å². The monoisotopic (exact) mass is 229 g/mol. The zero-order valence-electron chi connectivity index (χ0n) is 9.09. The van der Waals surface area contributed by atoms with E-state index in [0.717, 1.165) is 5.56 Å². The minimum absolute atomic E-state index is 0.101. The summed E-state index contributed by atoms with van der Waals surface area (Å²) in [5.41, 5.74) is 2.17. The number of benzene rings is 1. The van der Waals surface area contributed by atoms with Gasteiger partial charge in [-0.1, -0.05) is 29.4 Å². The lowest BCUT2D eigenvalue weighted by Crippen LogP contribution is -1.95. The molecule has 0 amide bonds. The highest BCUT2D eigenvalue weighted by Crippen LogP contribution is 2.40. The highest BCUT2D eigenvalue weighted by atomic mass is 16.5. The molecule has 86 valence electrons. The van der Waals surface area contributed by atoms with Crippen molar-refractivity contribution in [2.75, 3.05) is 0 Å². The average Bonchev–Trinajstić information content (AvgIpc) is 3.06. The molecular formula is C13H11NO3. The summed E-state index contributed by atoms with van der Waals surface area (Å²) in [6, 6.07) is 7.84. The molecule has 1 aromatic carbocycles. The van der Waals surface area contributed by atoms with Gasteiger partial charge in [0.1, 0.15) is 5.56 Å². The Labute approximate surface area is 97.9 Å². The zero-order valence-corrected chi connectivity index (χ0v) is 9.09. The molecule has 1 N–H and O–H groups in total. The van der Waals surface area contributed by atoms with E-state index in [9.17, 15) is 4.79 Å². The van der Waals surface area contributed by atoms with Gasteiger partial charge in [0.2, 0.25) is 0 Å². The van der Waals surface area contributed by atoms with Crippen LogP contribution in [-0.4, -0.2) is 16.2 Å². The van der Waals surface area contributed by atoms with Crippen molar-refractivity contribution in [3.05, 3.63) is 41.6 Å². The second-order valence-electron chi connectivity index (χ2n) is 4.27. The van der Waals surface area contributed by atoms with Crippen LogP contribution in [0, 0.1) is 0 Å². The molecule has 0 atom stereocenters. The van der Waals surface area contributed by atoms with E-state index in [1.54, 1.807) is 0 Å². The fourth-order valence-electron chi connectivity index (χ4n) is 1.92. The van der Waals surface area contributed by atoms with Gasteiger partial charge in [-0.3, -0.25) is 0 Å². The predicted octanol–water partition coefficient (Wildman–Crippen LogP) is 2.92. The van der Waals surface area contributed by atoms with E-state index < -0.39 is 5.97 Å². The minimum atomic E-state index is -1.02. The van der Waals surface area contributed by atoms with Gasteiger partial charge in [-0.2, -0.15) is 0 Å². The molecule has 0 bridgehead atoms. The Morgan fingerprint density at radius 3 is 2.59 bits per heavy atom. The molecule has 17 heavy (non-hydrogen) atoms. The number of rotatable bonds is 3. The van der Waals surface area contributed by atoms with Gasteiger partial charge in [0.05, 0.1) is 6.20 Å². The number of hydrogen-bond donors (Lipinski definition) is 1. The van der Waals surface area contributed by atoms with Crippen molar-refractivity contribution >= 4 is 5.97 Å². The van der Waals surface area contributed by atoms with E-state index in [1.165, 1.54) is 24.6 Å². The van der Waals surface area contributed by atoms with E-state index in [-0.39, 0.29) is 5.56 Å². The molecule has 1 heterocycles. The van der Waals surface area contributed by atoms with Crippen LogP contribution in [0.15, 0.2) is 35.0 Å². The smallest absolute Gasteiger partial charge is 0.341 e. The molecule has 1 saturated carbocycles. The molecule has 1 aliphatic rings. The zero-order chi connectivity index (χ0) is 11.8. The maximum Gasteiger partial charge on any atom is 0.341 e. The Balaban J connectivity index is 1.97. The number of carboxylic acid groups (broad SMARTS) is 1. The standard InChI is InChI=1S/C13H11NO3/c15-13(16)11-7-14-17-12(11)10-5-3-9(4-6-10)8-1-2-8/h3-8H,1-2H2,(H,15,16). The number of carboxylic acids is 1. The average molecular weight is 229 g/mol. The van der Waals surface area contributed by atoms with Crippen molar-refractivity contribution in [2.45, 2.75) is 18.8 Å². The Morgan fingerprint density at radius 2 is 2.00 bits per heavy atom. The second kappa shape index (κ2) is 3.73. The summed E-state index contributed by atoms with van der Waals surface area (Å²) < 4.78 is 5.00. The Morgan fingerprint density at radius 1 is 1.29 bits per heavy atom. The summed E-state index contributed by atoms with van der Waals surface area (Å²) in [6.45, 7) is 0. The first-order valence-electron chi connectivity index (χ1n) is 5.54. The van der Waals surface area contributed by atoms with Gasteiger partial charge in [-0.15, -0.1) is 0 Å². The molecule has 1 aromatic heterocycles. The van der Waals surface area contributed by atoms with Gasteiger partial charge in [0.15, 0.2) is 5.76 Å². The molecule has 1 aliphatic carbocycles. The summed E-state index contributed by atoms with van der Waals surface area (Å²) in [6.07, 6.45) is 3.73. The quantitative estimate of drug-likeness (QED) is 0.878. The maximum absolute atomic E-state index is 10.9. The van der Waals surface area contributed by atoms with Gasteiger partial charge >= 0.3 is 5.97 Å². The molecule has 0 aliphatic heterocycles. The lowest BCUT2D eigenvalue weighted by Gasteiger charge is -2.00. The Kier molecular flexibility index (Phi) is 2.21. The van der Waals surface area contributed by atoms with Gasteiger partial charge in [0.25, 0.3) is 0 Å². The summed E-state index contributed by atoms with van der Waals surface area (Å²) in [5.74, 6) is -0.00918. The molecule has 2 aromatic rings. The Bertz CT molecular complexity index is 552. The normalized spacial score (nSPS) is 14.8. The summed E-state index contributed by atoms with van der Waals surface area (Å²) in [4.78, 5) is 10.9.